The van der Waals surface area contributed by atoms with E-state index in [9.17, 15) is 37.5 Å². The number of aliphatic carboxylic acids is 1. The predicted molar refractivity (Wildman–Crippen MR) is 265 cm³/mol. The van der Waals surface area contributed by atoms with E-state index in [1.54, 1.807) is 6.33 Å². The summed E-state index contributed by atoms with van der Waals surface area (Å²) >= 11 is 0. The first-order valence-corrected chi connectivity index (χ1v) is 25.0. The highest BCUT2D eigenvalue weighted by Gasteiger charge is 2.28. The smallest absolute Gasteiger partial charge is 0.446 e. The van der Waals surface area contributed by atoms with Gasteiger partial charge in [0.1, 0.15) is 23.9 Å². The zero-order chi connectivity index (χ0) is 50.5. The monoisotopic (exact) mass is 979 g/mol. The molecule has 374 valence electrons. The van der Waals surface area contributed by atoms with E-state index >= 15 is 0 Å². The minimum Gasteiger partial charge on any atom is -0.480 e. The maximum Gasteiger partial charge on any atom is 0.446 e. The Balaban J connectivity index is 1.11. The van der Waals surface area contributed by atoms with Crippen LogP contribution in [0.15, 0.2) is 122 Å². The maximum atomic E-state index is 13.6. The van der Waals surface area contributed by atoms with Gasteiger partial charge in [-0.05, 0) is 60.6 Å². The van der Waals surface area contributed by atoms with Gasteiger partial charge in [0.25, 0.3) is 0 Å². The zero-order valence-electron chi connectivity index (χ0n) is 39.7. The van der Waals surface area contributed by atoms with Gasteiger partial charge in [-0.2, -0.15) is 8.42 Å². The van der Waals surface area contributed by atoms with Crippen LogP contribution in [-0.4, -0.2) is 87.9 Å². The lowest BCUT2D eigenvalue weighted by Gasteiger charge is -2.22. The molecule has 5 aromatic rings. The summed E-state index contributed by atoms with van der Waals surface area (Å²) in [5, 5.41) is 21.1. The number of rotatable bonds is 29. The zero-order valence-corrected chi connectivity index (χ0v) is 40.5. The number of benzene rings is 4. The molecule has 0 aliphatic heterocycles. The molecule has 70 heavy (non-hydrogen) atoms. The Bertz CT molecular complexity index is 2520. The van der Waals surface area contributed by atoms with E-state index in [1.807, 2.05) is 78.4 Å². The predicted octanol–water partition coefficient (Wildman–Crippen LogP) is 5.55. The van der Waals surface area contributed by atoms with Crippen LogP contribution in [0.3, 0.4) is 0 Å². The summed E-state index contributed by atoms with van der Waals surface area (Å²) in [6, 6.07) is 28.4. The Labute approximate surface area is 410 Å². The van der Waals surface area contributed by atoms with Crippen LogP contribution >= 0.6 is 0 Å². The molecule has 4 atom stereocenters. The normalized spacial score (nSPS) is 13.1. The second-order valence-electron chi connectivity index (χ2n) is 17.4. The molecule has 4 aromatic carbocycles. The Morgan fingerprint density at radius 3 is 1.87 bits per heavy atom. The number of aryl methyl sites for hydroxylation is 1. The third kappa shape index (κ3) is 18.2. The molecular formula is C52H65N7O10S. The van der Waals surface area contributed by atoms with Gasteiger partial charge < -0.3 is 40.9 Å². The average Bonchev–Trinajstić information content (AvgIpc) is 3.79. The number of aromatic nitrogens is 2. The highest BCUT2D eigenvalue weighted by atomic mass is 32.3. The molecule has 0 saturated heterocycles. The molecule has 1 aromatic heterocycles. The van der Waals surface area contributed by atoms with Crippen LogP contribution in [0.4, 0.5) is 0 Å². The second-order valence-corrected chi connectivity index (χ2v) is 18.4. The molecule has 0 aliphatic carbocycles. The minimum absolute atomic E-state index is 0.0668. The van der Waals surface area contributed by atoms with Crippen molar-refractivity contribution in [2.24, 2.45) is 5.73 Å². The van der Waals surface area contributed by atoms with Crippen molar-refractivity contribution in [1.82, 2.24) is 30.8 Å². The number of nitrogens with two attached hydrogens (primary N) is 1. The van der Waals surface area contributed by atoms with Crippen molar-refractivity contribution in [3.05, 3.63) is 155 Å². The molecule has 8 N–H and O–H groups in total. The highest BCUT2D eigenvalue weighted by molar-refractivity contribution is 7.81. The Hall–Kier alpha value is -6.89. The Morgan fingerprint density at radius 1 is 0.686 bits per heavy atom. The van der Waals surface area contributed by atoms with Gasteiger partial charge in [0.05, 0.1) is 24.1 Å². The van der Waals surface area contributed by atoms with Crippen molar-refractivity contribution < 1.29 is 46.2 Å². The fraction of sp³-hybridized carbons (Fsp3) is 0.385. The molecule has 4 amide bonds. The SMILES string of the molecule is CCCCCCC(NC(=O)C(N)Cc1cn(C(c2ccccc2)c2ccccc2)cn1)C(=O)NCCCCCC(=O)NC(Cc1ccc(C)cc1)C(=O)NC(Cc1ccc(OS(=O)(=O)O)cc1)C(=O)O. The van der Waals surface area contributed by atoms with Crippen LogP contribution in [-0.2, 0) is 53.6 Å². The molecule has 4 unspecified atom stereocenters. The lowest BCUT2D eigenvalue weighted by molar-refractivity contribution is -0.142. The number of imidazole rings is 1. The Morgan fingerprint density at radius 2 is 1.27 bits per heavy atom. The topological polar surface area (TPSA) is 261 Å². The number of carboxylic acids is 1. The van der Waals surface area contributed by atoms with Gasteiger partial charge in [0, 0.05) is 38.4 Å². The van der Waals surface area contributed by atoms with E-state index in [1.165, 1.54) is 24.3 Å². The third-order valence-electron chi connectivity index (χ3n) is 11.7. The van der Waals surface area contributed by atoms with Gasteiger partial charge in [0.2, 0.25) is 23.6 Å². The van der Waals surface area contributed by atoms with E-state index in [0.29, 0.717) is 43.5 Å². The van der Waals surface area contributed by atoms with E-state index in [-0.39, 0.29) is 43.4 Å². The molecule has 0 fully saturated rings. The summed E-state index contributed by atoms with van der Waals surface area (Å²) in [6.07, 6.45) is 9.46. The molecule has 0 aliphatic rings. The molecule has 0 spiro atoms. The second kappa shape index (κ2) is 27.3. The fourth-order valence-electron chi connectivity index (χ4n) is 7.94. The first-order valence-electron chi connectivity index (χ1n) is 23.7. The number of carbonyl (C=O) groups excluding carboxylic acids is 4. The summed E-state index contributed by atoms with van der Waals surface area (Å²) in [5.74, 6) is -3.41. The number of nitrogens with zero attached hydrogens (tertiary/aromatic N) is 2. The van der Waals surface area contributed by atoms with E-state index < -0.39 is 58.3 Å². The first-order chi connectivity index (χ1) is 33.6. The lowest BCUT2D eigenvalue weighted by atomic mass is 9.98. The van der Waals surface area contributed by atoms with E-state index in [0.717, 1.165) is 47.9 Å². The lowest BCUT2D eigenvalue weighted by Crippen LogP contribution is -2.53. The number of hydrogen-bond acceptors (Lipinski definition) is 10. The Kier molecular flexibility index (Phi) is 21.1. The molecule has 0 radical (unpaired) electrons. The number of unbranched alkanes of at least 4 members (excludes halogenated alkanes) is 5. The van der Waals surface area contributed by atoms with Gasteiger partial charge in [-0.1, -0.05) is 142 Å². The minimum atomic E-state index is -4.75. The first kappa shape index (κ1) is 54.1. The molecular weight excluding hydrogens is 915 g/mol. The summed E-state index contributed by atoms with van der Waals surface area (Å²) in [7, 11) is -4.75. The number of amides is 4. The van der Waals surface area contributed by atoms with Gasteiger partial charge in [-0.25, -0.2) is 9.78 Å². The van der Waals surface area contributed by atoms with Gasteiger partial charge >= 0.3 is 16.4 Å². The van der Waals surface area contributed by atoms with Crippen molar-refractivity contribution in [3.8, 4) is 5.75 Å². The van der Waals surface area contributed by atoms with Gasteiger partial charge in [-0.3, -0.25) is 23.7 Å². The summed E-state index contributed by atoms with van der Waals surface area (Å²) in [5.41, 5.74) is 11.4. The van der Waals surface area contributed by atoms with Crippen molar-refractivity contribution in [2.45, 2.75) is 121 Å². The van der Waals surface area contributed by atoms with Crippen LogP contribution < -0.4 is 31.2 Å². The van der Waals surface area contributed by atoms with Crippen LogP contribution in [0.1, 0.15) is 104 Å². The molecule has 0 saturated carbocycles. The van der Waals surface area contributed by atoms with Crippen molar-refractivity contribution in [2.75, 3.05) is 6.54 Å². The van der Waals surface area contributed by atoms with Gasteiger partial charge in [0.15, 0.2) is 0 Å². The summed E-state index contributed by atoms with van der Waals surface area (Å²) in [4.78, 5) is 70.7. The van der Waals surface area contributed by atoms with Crippen molar-refractivity contribution in [1.29, 1.82) is 0 Å². The van der Waals surface area contributed by atoms with Crippen LogP contribution in [0, 0.1) is 6.92 Å². The number of carboxylic acid groups (broad SMARTS) is 1. The van der Waals surface area contributed by atoms with E-state index in [2.05, 4.69) is 61.6 Å². The fourth-order valence-corrected chi connectivity index (χ4v) is 8.30. The van der Waals surface area contributed by atoms with Crippen LogP contribution in [0.2, 0.25) is 0 Å². The summed E-state index contributed by atoms with van der Waals surface area (Å²) < 4.78 is 37.4. The molecule has 1 heterocycles. The maximum absolute atomic E-state index is 13.6. The van der Waals surface area contributed by atoms with Gasteiger partial charge in [-0.15, -0.1) is 0 Å². The quantitative estimate of drug-likeness (QED) is 0.0230. The van der Waals surface area contributed by atoms with E-state index in [4.69, 9.17) is 10.3 Å². The number of hydrogen-bond donors (Lipinski definition) is 7. The third-order valence-corrected chi connectivity index (χ3v) is 12.1. The molecule has 17 nitrogen and oxygen atoms in total. The van der Waals surface area contributed by atoms with Crippen LogP contribution in [0.5, 0.6) is 5.75 Å². The number of nitrogens with one attached hydrogen (secondary N) is 4. The average molecular weight is 980 g/mol. The molecule has 18 heteroatoms. The molecule has 5 rings (SSSR count). The van der Waals surface area contributed by atoms with Crippen molar-refractivity contribution in [3.63, 3.8) is 0 Å². The highest BCUT2D eigenvalue weighted by Crippen LogP contribution is 2.27. The standard InChI is InChI=1S/C52H65N7O10S/c1-3-4-5-13-20-44(57-49(61)43(53)33-41-34-59(35-55-41)48(39-16-9-6-10-17-39)40-18-11-7-12-19-40)50(62)54-30-15-8-14-21-47(60)56-45(31-37-24-22-36(2)23-25-37)51(63)58-46(52(64)65)32-38-26-28-42(29-27-38)69-70(66,67)68/h6-7,9-12,16-19,22-29,34-35,43-46,48H,3-5,8,13-15,20-21,30-33,53H2,1-2H3,(H,54,62)(H,56,60)(H,57,61)(H,58,63)(H,64,65)(H,66,67,68). The summed E-state index contributed by atoms with van der Waals surface area (Å²) in [6.45, 7) is 4.31. The van der Waals surface area contributed by atoms with Crippen molar-refractivity contribution >= 4 is 40.0 Å². The van der Waals surface area contributed by atoms with Crippen LogP contribution in [0.25, 0.3) is 0 Å². The largest absolute Gasteiger partial charge is 0.480 e. The molecule has 0 bridgehead atoms. The number of carbonyl (C=O) groups is 5.